The van der Waals surface area contributed by atoms with Crippen LogP contribution >= 0.6 is 0 Å². The molecule has 1 heterocycles. The Morgan fingerprint density at radius 3 is 3.00 bits per heavy atom. The highest BCUT2D eigenvalue weighted by molar-refractivity contribution is 5.77. The first-order valence-electron chi connectivity index (χ1n) is 4.88. The van der Waals surface area contributed by atoms with Crippen molar-refractivity contribution in [3.05, 3.63) is 53.6 Å². The van der Waals surface area contributed by atoms with E-state index in [-0.39, 0.29) is 5.69 Å². The molecule has 0 saturated heterocycles. The van der Waals surface area contributed by atoms with Gasteiger partial charge in [-0.05, 0) is 12.5 Å². The van der Waals surface area contributed by atoms with E-state index in [1.54, 1.807) is 16.8 Å². The molecule has 0 atom stereocenters. The summed E-state index contributed by atoms with van der Waals surface area (Å²) in [7, 11) is 0. The fraction of sp³-hybridized carbons (Fsp3) is 0.167. The fourth-order valence-electron chi connectivity index (χ4n) is 1.58. The Bertz CT molecular complexity index is 543. The monoisotopic (exact) mass is 200 g/mol. The van der Waals surface area contributed by atoms with Gasteiger partial charge in [0.1, 0.15) is 0 Å². The summed E-state index contributed by atoms with van der Waals surface area (Å²) in [6.45, 7) is 4.29. The highest BCUT2D eigenvalue weighted by Crippen LogP contribution is 2.09. The number of benzene rings is 1. The molecule has 3 heteroatoms. The van der Waals surface area contributed by atoms with Gasteiger partial charge in [-0.25, -0.2) is 9.78 Å². The number of hydrogen-bond donors (Lipinski definition) is 0. The Morgan fingerprint density at radius 2 is 2.20 bits per heavy atom. The largest absolute Gasteiger partial charge is 0.348 e. The second-order valence-corrected chi connectivity index (χ2v) is 3.33. The number of aryl methyl sites for hydroxylation is 1. The number of hydrogen-bond acceptors (Lipinski definition) is 2. The van der Waals surface area contributed by atoms with Gasteiger partial charge >= 0.3 is 5.69 Å². The predicted octanol–water partition coefficient (Wildman–Crippen LogP) is 1.97. The van der Waals surface area contributed by atoms with Gasteiger partial charge in [-0.3, -0.25) is 4.57 Å². The molecule has 0 N–H and O–H groups in total. The van der Waals surface area contributed by atoms with E-state index in [2.05, 4.69) is 11.6 Å². The minimum Gasteiger partial charge on any atom is -0.292 e. The van der Waals surface area contributed by atoms with Gasteiger partial charge in [0.05, 0.1) is 5.52 Å². The zero-order chi connectivity index (χ0) is 10.7. The maximum absolute atomic E-state index is 11.6. The SMILES string of the molecule is C=CCCn1c(=O)ncc2ccccc21. The Morgan fingerprint density at radius 1 is 1.40 bits per heavy atom. The lowest BCUT2D eigenvalue weighted by molar-refractivity contribution is 0.687. The Balaban J connectivity index is 2.63. The van der Waals surface area contributed by atoms with Crippen LogP contribution in [0.1, 0.15) is 6.42 Å². The number of nitrogens with zero attached hydrogens (tertiary/aromatic N) is 2. The molecular weight excluding hydrogens is 188 g/mol. The van der Waals surface area contributed by atoms with E-state index in [0.717, 1.165) is 17.3 Å². The summed E-state index contributed by atoms with van der Waals surface area (Å²) in [5, 5.41) is 0.987. The van der Waals surface area contributed by atoms with Crippen LogP contribution in [0.2, 0.25) is 0 Å². The molecule has 0 amide bonds. The van der Waals surface area contributed by atoms with Gasteiger partial charge in [0.2, 0.25) is 0 Å². The molecule has 0 aliphatic rings. The fourth-order valence-corrected chi connectivity index (χ4v) is 1.58. The second kappa shape index (κ2) is 4.09. The molecule has 0 fully saturated rings. The molecule has 0 bridgehead atoms. The minimum atomic E-state index is -0.199. The summed E-state index contributed by atoms with van der Waals surface area (Å²) < 4.78 is 1.68. The van der Waals surface area contributed by atoms with Crippen LogP contribution in [0.15, 0.2) is 47.9 Å². The second-order valence-electron chi connectivity index (χ2n) is 3.33. The van der Waals surface area contributed by atoms with E-state index in [1.165, 1.54) is 0 Å². The van der Waals surface area contributed by atoms with E-state index in [0.29, 0.717) is 6.54 Å². The average Bonchev–Trinajstić information content (AvgIpc) is 2.28. The first-order valence-corrected chi connectivity index (χ1v) is 4.88. The van der Waals surface area contributed by atoms with Gasteiger partial charge in [0, 0.05) is 18.1 Å². The lowest BCUT2D eigenvalue weighted by Gasteiger charge is -2.06. The molecule has 15 heavy (non-hydrogen) atoms. The van der Waals surface area contributed by atoms with Crippen molar-refractivity contribution in [2.45, 2.75) is 13.0 Å². The summed E-state index contributed by atoms with van der Waals surface area (Å²) in [5.74, 6) is 0. The molecule has 2 aromatic rings. The van der Waals surface area contributed by atoms with Gasteiger partial charge in [-0.2, -0.15) is 0 Å². The van der Waals surface area contributed by atoms with Crippen LogP contribution in [0, 0.1) is 0 Å². The smallest absolute Gasteiger partial charge is 0.292 e. The number of para-hydroxylation sites is 1. The van der Waals surface area contributed by atoms with Crippen LogP contribution in [0.25, 0.3) is 10.9 Å². The molecule has 1 aromatic heterocycles. The third-order valence-electron chi connectivity index (χ3n) is 2.33. The molecule has 0 aliphatic heterocycles. The van der Waals surface area contributed by atoms with Crippen LogP contribution in [0.4, 0.5) is 0 Å². The maximum Gasteiger partial charge on any atom is 0.348 e. The van der Waals surface area contributed by atoms with Gasteiger partial charge in [-0.15, -0.1) is 6.58 Å². The third-order valence-corrected chi connectivity index (χ3v) is 2.33. The van der Waals surface area contributed by atoms with Crippen LogP contribution in [-0.2, 0) is 6.54 Å². The van der Waals surface area contributed by atoms with E-state index >= 15 is 0 Å². The van der Waals surface area contributed by atoms with Crippen LogP contribution < -0.4 is 5.69 Å². The van der Waals surface area contributed by atoms with E-state index in [4.69, 9.17) is 0 Å². The first-order chi connectivity index (χ1) is 7.33. The van der Waals surface area contributed by atoms with Crippen molar-refractivity contribution >= 4 is 10.9 Å². The summed E-state index contributed by atoms with van der Waals surface area (Å²) in [5.41, 5.74) is 0.731. The summed E-state index contributed by atoms with van der Waals surface area (Å²) in [6.07, 6.45) is 4.19. The van der Waals surface area contributed by atoms with Crippen molar-refractivity contribution in [3.63, 3.8) is 0 Å². The van der Waals surface area contributed by atoms with Crippen molar-refractivity contribution in [1.82, 2.24) is 9.55 Å². The van der Waals surface area contributed by atoms with E-state index in [1.807, 2.05) is 24.3 Å². The van der Waals surface area contributed by atoms with Crippen molar-refractivity contribution < 1.29 is 0 Å². The topological polar surface area (TPSA) is 34.9 Å². The van der Waals surface area contributed by atoms with Crippen LogP contribution in [0.5, 0.6) is 0 Å². The van der Waals surface area contributed by atoms with Crippen LogP contribution in [0.3, 0.4) is 0 Å². The number of rotatable bonds is 3. The normalized spacial score (nSPS) is 10.4. The molecule has 1 aromatic carbocycles. The van der Waals surface area contributed by atoms with E-state index in [9.17, 15) is 4.79 Å². The van der Waals surface area contributed by atoms with Gasteiger partial charge < -0.3 is 0 Å². The van der Waals surface area contributed by atoms with Gasteiger partial charge in [0.15, 0.2) is 0 Å². The molecule has 76 valence electrons. The predicted molar refractivity (Wildman–Crippen MR) is 60.8 cm³/mol. The number of aromatic nitrogens is 2. The molecule has 0 spiro atoms. The van der Waals surface area contributed by atoms with Crippen molar-refractivity contribution in [1.29, 1.82) is 0 Å². The van der Waals surface area contributed by atoms with Gasteiger partial charge in [0.25, 0.3) is 0 Å². The minimum absolute atomic E-state index is 0.199. The van der Waals surface area contributed by atoms with Crippen molar-refractivity contribution in [3.8, 4) is 0 Å². The molecule has 2 rings (SSSR count). The molecule has 0 radical (unpaired) electrons. The standard InChI is InChI=1S/C12H12N2O/c1-2-3-8-14-11-7-5-4-6-10(11)9-13-12(14)15/h2,4-7,9H,1,3,8H2. The third kappa shape index (κ3) is 1.81. The summed E-state index contributed by atoms with van der Waals surface area (Å²) in [4.78, 5) is 15.4. The number of fused-ring (bicyclic) bond motifs is 1. The molecule has 0 unspecified atom stereocenters. The maximum atomic E-state index is 11.6. The highest BCUT2D eigenvalue weighted by Gasteiger charge is 2.01. The summed E-state index contributed by atoms with van der Waals surface area (Å²) >= 11 is 0. The van der Waals surface area contributed by atoms with Crippen molar-refractivity contribution in [2.75, 3.05) is 0 Å². The molecule has 3 nitrogen and oxygen atoms in total. The van der Waals surface area contributed by atoms with Crippen molar-refractivity contribution in [2.24, 2.45) is 0 Å². The zero-order valence-corrected chi connectivity index (χ0v) is 8.39. The van der Waals surface area contributed by atoms with Crippen LogP contribution in [-0.4, -0.2) is 9.55 Å². The summed E-state index contributed by atoms with van der Waals surface area (Å²) in [6, 6.07) is 7.74. The zero-order valence-electron chi connectivity index (χ0n) is 8.39. The quantitative estimate of drug-likeness (QED) is 0.710. The Kier molecular flexibility index (Phi) is 2.63. The highest BCUT2D eigenvalue weighted by atomic mass is 16.1. The Hall–Kier alpha value is -1.90. The van der Waals surface area contributed by atoms with E-state index < -0.39 is 0 Å². The lowest BCUT2D eigenvalue weighted by atomic mass is 10.2. The number of allylic oxidation sites excluding steroid dienone is 1. The first kappa shape index (κ1) is 9.65. The molecular formula is C12H12N2O. The average molecular weight is 200 g/mol. The molecule has 0 saturated carbocycles. The lowest BCUT2D eigenvalue weighted by Crippen LogP contribution is -2.22. The van der Waals surface area contributed by atoms with Gasteiger partial charge in [-0.1, -0.05) is 24.3 Å². The molecule has 0 aliphatic carbocycles. The Labute approximate surface area is 87.7 Å².